The Morgan fingerprint density at radius 1 is 1.19 bits per heavy atom. The highest BCUT2D eigenvalue weighted by Gasteiger charge is 2.32. The van der Waals surface area contributed by atoms with E-state index in [1.54, 1.807) is 24.3 Å². The van der Waals surface area contributed by atoms with E-state index in [-0.39, 0.29) is 29.1 Å². The van der Waals surface area contributed by atoms with E-state index in [9.17, 15) is 13.2 Å². The number of nitriles is 1. The molecule has 2 aromatic heterocycles. The van der Waals surface area contributed by atoms with Gasteiger partial charge in [0.15, 0.2) is 6.61 Å². The number of nitrogens with zero attached hydrogens (tertiary/aromatic N) is 4. The van der Waals surface area contributed by atoms with E-state index in [2.05, 4.69) is 15.2 Å². The van der Waals surface area contributed by atoms with Crippen LogP contribution in [0.2, 0.25) is 5.02 Å². The van der Waals surface area contributed by atoms with Gasteiger partial charge < -0.3 is 9.15 Å². The van der Waals surface area contributed by atoms with Crippen LogP contribution in [0.5, 0.6) is 5.75 Å². The standard InChI is InChI=1S/C16H8ClF3N4O2/c17-12-5-10(16(18,19)20)7-22-14(12)15-24-23-13(26-15)8-25-11-3-1-9(6-21)2-4-11/h1-5,7H,8H2. The average Bonchev–Trinajstić information content (AvgIpc) is 3.08. The minimum atomic E-state index is -4.55. The van der Waals surface area contributed by atoms with Crippen LogP contribution in [0.4, 0.5) is 13.2 Å². The second-order valence-corrected chi connectivity index (χ2v) is 5.39. The number of pyridine rings is 1. The van der Waals surface area contributed by atoms with Gasteiger partial charge in [0.1, 0.15) is 11.4 Å². The van der Waals surface area contributed by atoms with E-state index in [1.807, 2.05) is 6.07 Å². The van der Waals surface area contributed by atoms with Gasteiger partial charge in [0, 0.05) is 6.20 Å². The van der Waals surface area contributed by atoms with Crippen molar-refractivity contribution >= 4 is 11.6 Å². The lowest BCUT2D eigenvalue weighted by Crippen LogP contribution is -2.05. The van der Waals surface area contributed by atoms with E-state index in [4.69, 9.17) is 26.0 Å². The summed E-state index contributed by atoms with van der Waals surface area (Å²) < 4.78 is 48.6. The van der Waals surface area contributed by atoms with E-state index in [0.29, 0.717) is 17.5 Å². The molecule has 0 N–H and O–H groups in total. The first-order chi connectivity index (χ1) is 12.4. The average molecular weight is 381 g/mol. The number of rotatable bonds is 4. The number of aromatic nitrogens is 3. The molecule has 0 amide bonds. The molecule has 132 valence electrons. The minimum Gasteiger partial charge on any atom is -0.484 e. The third-order valence-corrected chi connectivity index (χ3v) is 3.47. The molecule has 3 aromatic rings. The van der Waals surface area contributed by atoms with Crippen LogP contribution >= 0.6 is 11.6 Å². The second kappa shape index (κ2) is 7.01. The molecule has 0 spiro atoms. The highest BCUT2D eigenvalue weighted by atomic mass is 35.5. The first-order valence-corrected chi connectivity index (χ1v) is 7.43. The van der Waals surface area contributed by atoms with Crippen molar-refractivity contribution in [1.29, 1.82) is 5.26 Å². The summed E-state index contributed by atoms with van der Waals surface area (Å²) in [5.74, 6) is 0.443. The van der Waals surface area contributed by atoms with Gasteiger partial charge in [-0.3, -0.25) is 0 Å². The topological polar surface area (TPSA) is 84.8 Å². The lowest BCUT2D eigenvalue weighted by Gasteiger charge is -2.07. The minimum absolute atomic E-state index is 0.0585. The van der Waals surface area contributed by atoms with Crippen LogP contribution in [-0.2, 0) is 12.8 Å². The van der Waals surface area contributed by atoms with Crippen molar-refractivity contribution < 1.29 is 22.3 Å². The Balaban J connectivity index is 1.72. The zero-order chi connectivity index (χ0) is 18.7. The summed E-state index contributed by atoms with van der Waals surface area (Å²) in [5.41, 5.74) is -0.549. The Morgan fingerprint density at radius 2 is 1.92 bits per heavy atom. The second-order valence-electron chi connectivity index (χ2n) is 4.98. The van der Waals surface area contributed by atoms with E-state index in [0.717, 1.165) is 6.07 Å². The van der Waals surface area contributed by atoms with Crippen LogP contribution < -0.4 is 4.74 Å². The normalized spacial score (nSPS) is 11.2. The maximum absolute atomic E-state index is 12.6. The molecule has 0 saturated carbocycles. The molecule has 6 nitrogen and oxygen atoms in total. The van der Waals surface area contributed by atoms with Gasteiger partial charge in [0.2, 0.25) is 0 Å². The van der Waals surface area contributed by atoms with E-state index >= 15 is 0 Å². The summed E-state index contributed by atoms with van der Waals surface area (Å²) in [6.07, 6.45) is -3.91. The number of benzene rings is 1. The summed E-state index contributed by atoms with van der Waals surface area (Å²) in [6, 6.07) is 9.09. The number of ether oxygens (including phenoxy) is 1. The van der Waals surface area contributed by atoms with Gasteiger partial charge in [-0.25, -0.2) is 4.98 Å². The van der Waals surface area contributed by atoms with Crippen LogP contribution in [-0.4, -0.2) is 15.2 Å². The molecule has 0 unspecified atom stereocenters. The van der Waals surface area contributed by atoms with Crippen LogP contribution in [0.1, 0.15) is 17.0 Å². The highest BCUT2D eigenvalue weighted by Crippen LogP contribution is 2.33. The monoisotopic (exact) mass is 380 g/mol. The summed E-state index contributed by atoms with van der Waals surface area (Å²) in [6.45, 7) is -0.0723. The first-order valence-electron chi connectivity index (χ1n) is 7.05. The molecular weight excluding hydrogens is 373 g/mol. The number of hydrogen-bond donors (Lipinski definition) is 0. The van der Waals surface area contributed by atoms with Crippen molar-refractivity contribution in [2.24, 2.45) is 0 Å². The maximum atomic E-state index is 12.6. The van der Waals surface area contributed by atoms with Crippen molar-refractivity contribution in [3.05, 3.63) is 58.6 Å². The predicted molar refractivity (Wildman–Crippen MR) is 83.0 cm³/mol. The summed E-state index contributed by atoms with van der Waals surface area (Å²) in [5, 5.41) is 15.9. The molecule has 0 aliphatic rings. The third kappa shape index (κ3) is 3.92. The molecule has 0 fully saturated rings. The zero-order valence-electron chi connectivity index (χ0n) is 12.8. The van der Waals surface area contributed by atoms with Gasteiger partial charge in [0.25, 0.3) is 11.8 Å². The number of alkyl halides is 3. The maximum Gasteiger partial charge on any atom is 0.417 e. The molecule has 0 aliphatic carbocycles. The predicted octanol–water partition coefficient (Wildman–Crippen LogP) is 4.25. The third-order valence-electron chi connectivity index (χ3n) is 3.18. The molecule has 0 atom stereocenters. The molecule has 0 bridgehead atoms. The Labute approximate surface area is 149 Å². The van der Waals surface area contributed by atoms with Crippen molar-refractivity contribution in [2.75, 3.05) is 0 Å². The van der Waals surface area contributed by atoms with E-state index < -0.39 is 11.7 Å². The van der Waals surface area contributed by atoms with Gasteiger partial charge in [0.05, 0.1) is 22.2 Å². The molecule has 2 heterocycles. The number of hydrogen-bond acceptors (Lipinski definition) is 6. The Morgan fingerprint density at radius 3 is 2.54 bits per heavy atom. The van der Waals surface area contributed by atoms with Crippen LogP contribution in [0, 0.1) is 11.3 Å². The van der Waals surface area contributed by atoms with Crippen molar-refractivity contribution in [3.8, 4) is 23.4 Å². The SMILES string of the molecule is N#Cc1ccc(OCc2nnc(-c3ncc(C(F)(F)F)cc3Cl)o2)cc1. The largest absolute Gasteiger partial charge is 0.484 e. The van der Waals surface area contributed by atoms with Crippen LogP contribution in [0.25, 0.3) is 11.6 Å². The van der Waals surface area contributed by atoms with Crippen LogP contribution in [0.15, 0.2) is 40.9 Å². The Bertz CT molecular complexity index is 965. The van der Waals surface area contributed by atoms with Crippen molar-refractivity contribution in [2.45, 2.75) is 12.8 Å². The van der Waals surface area contributed by atoms with Gasteiger partial charge in [-0.1, -0.05) is 11.6 Å². The highest BCUT2D eigenvalue weighted by molar-refractivity contribution is 6.32. The Hall–Kier alpha value is -3.12. The molecular formula is C16H8ClF3N4O2. The quantitative estimate of drug-likeness (QED) is 0.672. The van der Waals surface area contributed by atoms with E-state index in [1.165, 1.54) is 0 Å². The van der Waals surface area contributed by atoms with Crippen LogP contribution in [0.3, 0.4) is 0 Å². The summed E-state index contributed by atoms with van der Waals surface area (Å²) in [7, 11) is 0. The van der Waals surface area contributed by atoms with Crippen molar-refractivity contribution in [1.82, 2.24) is 15.2 Å². The molecule has 0 aliphatic heterocycles. The smallest absolute Gasteiger partial charge is 0.417 e. The first kappa shape index (κ1) is 17.7. The molecule has 1 aromatic carbocycles. The Kier molecular flexibility index (Phi) is 4.77. The summed E-state index contributed by atoms with van der Waals surface area (Å²) >= 11 is 5.83. The van der Waals surface area contributed by atoms with Gasteiger partial charge in [-0.2, -0.15) is 18.4 Å². The molecule has 3 rings (SSSR count). The molecule has 0 saturated heterocycles. The van der Waals surface area contributed by atoms with Gasteiger partial charge in [-0.05, 0) is 30.3 Å². The molecule has 10 heteroatoms. The molecule has 26 heavy (non-hydrogen) atoms. The lowest BCUT2D eigenvalue weighted by molar-refractivity contribution is -0.137. The fraction of sp³-hybridized carbons (Fsp3) is 0.125. The molecule has 0 radical (unpaired) electrons. The zero-order valence-corrected chi connectivity index (χ0v) is 13.5. The summed E-state index contributed by atoms with van der Waals surface area (Å²) in [4.78, 5) is 3.65. The van der Waals surface area contributed by atoms with Gasteiger partial charge in [-0.15, -0.1) is 10.2 Å². The fourth-order valence-electron chi connectivity index (χ4n) is 1.93. The lowest BCUT2D eigenvalue weighted by atomic mass is 10.2. The van der Waals surface area contributed by atoms with Gasteiger partial charge >= 0.3 is 6.18 Å². The fourth-order valence-corrected chi connectivity index (χ4v) is 2.18. The number of halogens is 4. The van der Waals surface area contributed by atoms with Crippen molar-refractivity contribution in [3.63, 3.8) is 0 Å².